The Kier molecular flexibility index (Phi) is 9.73. The first-order chi connectivity index (χ1) is 11.5. The summed E-state index contributed by atoms with van der Waals surface area (Å²) < 4.78 is 7.39. The van der Waals surface area contributed by atoms with E-state index in [1.54, 1.807) is 0 Å². The summed E-state index contributed by atoms with van der Waals surface area (Å²) in [6, 6.07) is 0. The van der Waals surface area contributed by atoms with Crippen LogP contribution in [0, 0.1) is 6.92 Å². The number of aromatic nitrogens is 2. The van der Waals surface area contributed by atoms with Crippen molar-refractivity contribution in [1.29, 1.82) is 0 Å². The molecule has 0 unspecified atom stereocenters. The summed E-state index contributed by atoms with van der Waals surface area (Å²) in [5, 5.41) is 11.0. The molecule has 1 fully saturated rings. The van der Waals surface area contributed by atoms with Crippen LogP contribution < -0.4 is 10.6 Å². The van der Waals surface area contributed by atoms with Gasteiger partial charge in [-0.3, -0.25) is 14.6 Å². The highest BCUT2D eigenvalue weighted by atomic mass is 127. The normalized spacial score (nSPS) is 16.4. The van der Waals surface area contributed by atoms with Gasteiger partial charge in [0, 0.05) is 37.9 Å². The van der Waals surface area contributed by atoms with Gasteiger partial charge in [-0.1, -0.05) is 0 Å². The molecule has 1 aliphatic heterocycles. The average molecular weight is 464 g/mol. The Hall–Kier alpha value is -0.870. The lowest BCUT2D eigenvalue weighted by atomic mass is 10.0. The Morgan fingerprint density at radius 2 is 2.04 bits per heavy atom. The maximum absolute atomic E-state index is 5.45. The van der Waals surface area contributed by atoms with Crippen molar-refractivity contribution in [1.82, 2.24) is 25.3 Å². The van der Waals surface area contributed by atoms with Crippen LogP contribution >= 0.6 is 24.0 Å². The molecule has 0 atom stereocenters. The van der Waals surface area contributed by atoms with Crippen LogP contribution in [-0.4, -0.2) is 72.1 Å². The Morgan fingerprint density at radius 1 is 1.32 bits per heavy atom. The van der Waals surface area contributed by atoms with Gasteiger partial charge in [0.1, 0.15) is 0 Å². The molecule has 2 heterocycles. The minimum absolute atomic E-state index is 0. The zero-order chi connectivity index (χ0) is 17.4. The molecule has 0 aliphatic carbocycles. The summed E-state index contributed by atoms with van der Waals surface area (Å²) in [6.45, 7) is 15.4. The third-order valence-corrected chi connectivity index (χ3v) is 4.23. The maximum atomic E-state index is 5.45. The van der Waals surface area contributed by atoms with Gasteiger partial charge in [-0.25, -0.2) is 0 Å². The minimum Gasteiger partial charge on any atom is -0.379 e. The van der Waals surface area contributed by atoms with Crippen LogP contribution in [0.4, 0.5) is 0 Å². The number of morpholine rings is 1. The Balaban J connectivity index is 0.00000312. The molecule has 0 bridgehead atoms. The fraction of sp³-hybridized carbons (Fsp3) is 0.765. The molecule has 144 valence electrons. The number of hydrogen-bond acceptors (Lipinski definition) is 4. The van der Waals surface area contributed by atoms with E-state index in [0.717, 1.165) is 58.4 Å². The first kappa shape index (κ1) is 22.2. The summed E-state index contributed by atoms with van der Waals surface area (Å²) in [4.78, 5) is 7.23. The number of rotatable bonds is 7. The molecule has 0 radical (unpaired) electrons. The van der Waals surface area contributed by atoms with Crippen LogP contribution in [0.3, 0.4) is 0 Å². The van der Waals surface area contributed by atoms with Crippen LogP contribution in [0.5, 0.6) is 0 Å². The third-order valence-electron chi connectivity index (χ3n) is 4.23. The molecule has 1 saturated heterocycles. The zero-order valence-electron chi connectivity index (χ0n) is 15.9. The van der Waals surface area contributed by atoms with Crippen molar-refractivity contribution in [2.24, 2.45) is 4.99 Å². The number of halogens is 1. The van der Waals surface area contributed by atoms with E-state index >= 15 is 0 Å². The van der Waals surface area contributed by atoms with Crippen molar-refractivity contribution in [2.75, 3.05) is 45.9 Å². The maximum Gasteiger partial charge on any atom is 0.191 e. The number of hydrogen-bond donors (Lipinski definition) is 2. The van der Waals surface area contributed by atoms with Gasteiger partial charge in [0.15, 0.2) is 5.96 Å². The summed E-state index contributed by atoms with van der Waals surface area (Å²) >= 11 is 0. The minimum atomic E-state index is 0. The monoisotopic (exact) mass is 464 g/mol. The number of guanidine groups is 1. The van der Waals surface area contributed by atoms with Gasteiger partial charge in [-0.05, 0) is 33.3 Å². The molecule has 25 heavy (non-hydrogen) atoms. The standard InChI is InChI=1S/C17H32N6O.HI/c1-5-18-16(19-6-7-23-13-15(2)12-21-23)20-14-17(3,4)22-8-10-24-11-9-22;/h12-13H,5-11,14H2,1-4H3,(H2,18,19,20);1H. The second-order valence-corrected chi connectivity index (χ2v) is 6.81. The van der Waals surface area contributed by atoms with Crippen molar-refractivity contribution in [3.8, 4) is 0 Å². The van der Waals surface area contributed by atoms with E-state index in [9.17, 15) is 0 Å². The molecular formula is C17H33IN6O. The van der Waals surface area contributed by atoms with Crippen LogP contribution in [0.25, 0.3) is 0 Å². The van der Waals surface area contributed by atoms with E-state index in [0.29, 0.717) is 0 Å². The molecule has 8 heteroatoms. The van der Waals surface area contributed by atoms with Crippen LogP contribution in [0.2, 0.25) is 0 Å². The molecular weight excluding hydrogens is 431 g/mol. The van der Waals surface area contributed by atoms with E-state index in [4.69, 9.17) is 9.73 Å². The number of aryl methyl sites for hydroxylation is 1. The highest BCUT2D eigenvalue weighted by Gasteiger charge is 2.28. The molecule has 2 rings (SSSR count). The van der Waals surface area contributed by atoms with Crippen molar-refractivity contribution in [3.05, 3.63) is 18.0 Å². The van der Waals surface area contributed by atoms with Crippen LogP contribution in [-0.2, 0) is 11.3 Å². The van der Waals surface area contributed by atoms with Gasteiger partial charge in [0.2, 0.25) is 0 Å². The SMILES string of the molecule is CCNC(=NCC(C)(C)N1CCOCC1)NCCn1cc(C)cn1.I. The van der Waals surface area contributed by atoms with Gasteiger partial charge in [0.05, 0.1) is 32.5 Å². The summed E-state index contributed by atoms with van der Waals surface area (Å²) in [6.07, 6.45) is 3.93. The second kappa shape index (κ2) is 11.0. The largest absolute Gasteiger partial charge is 0.379 e. The van der Waals surface area contributed by atoms with E-state index < -0.39 is 0 Å². The van der Waals surface area contributed by atoms with Crippen molar-refractivity contribution < 1.29 is 4.74 Å². The number of aliphatic imine (C=N–C) groups is 1. The Labute approximate surface area is 168 Å². The topological polar surface area (TPSA) is 66.7 Å². The predicted molar refractivity (Wildman–Crippen MR) is 113 cm³/mol. The highest BCUT2D eigenvalue weighted by Crippen LogP contribution is 2.16. The molecule has 1 aliphatic rings. The van der Waals surface area contributed by atoms with Gasteiger partial charge < -0.3 is 15.4 Å². The summed E-state index contributed by atoms with van der Waals surface area (Å²) in [5.74, 6) is 0.864. The zero-order valence-corrected chi connectivity index (χ0v) is 18.2. The van der Waals surface area contributed by atoms with Crippen LogP contribution in [0.15, 0.2) is 17.4 Å². The fourth-order valence-electron chi connectivity index (χ4n) is 2.76. The first-order valence-corrected chi connectivity index (χ1v) is 8.85. The Bertz CT molecular complexity index is 525. The van der Waals surface area contributed by atoms with Gasteiger partial charge >= 0.3 is 0 Å². The van der Waals surface area contributed by atoms with Gasteiger partial charge in [-0.15, -0.1) is 24.0 Å². The van der Waals surface area contributed by atoms with E-state index in [1.807, 2.05) is 17.1 Å². The highest BCUT2D eigenvalue weighted by molar-refractivity contribution is 14.0. The van der Waals surface area contributed by atoms with Crippen molar-refractivity contribution >= 4 is 29.9 Å². The van der Waals surface area contributed by atoms with Gasteiger partial charge in [-0.2, -0.15) is 5.10 Å². The van der Waals surface area contributed by atoms with E-state index in [2.05, 4.69) is 48.3 Å². The van der Waals surface area contributed by atoms with E-state index in [-0.39, 0.29) is 29.5 Å². The number of ether oxygens (including phenoxy) is 1. The average Bonchev–Trinajstić information content (AvgIpc) is 2.99. The van der Waals surface area contributed by atoms with Crippen molar-refractivity contribution in [2.45, 2.75) is 39.8 Å². The van der Waals surface area contributed by atoms with Gasteiger partial charge in [0.25, 0.3) is 0 Å². The lowest BCUT2D eigenvalue weighted by molar-refractivity contribution is -0.00683. The summed E-state index contributed by atoms with van der Waals surface area (Å²) in [7, 11) is 0. The molecule has 7 nitrogen and oxygen atoms in total. The predicted octanol–water partition coefficient (Wildman–Crippen LogP) is 1.48. The molecule has 0 aromatic carbocycles. The Morgan fingerprint density at radius 3 is 2.64 bits per heavy atom. The lowest BCUT2D eigenvalue weighted by Gasteiger charge is -2.39. The quantitative estimate of drug-likeness (QED) is 0.364. The molecule has 1 aromatic rings. The first-order valence-electron chi connectivity index (χ1n) is 8.85. The second-order valence-electron chi connectivity index (χ2n) is 6.81. The van der Waals surface area contributed by atoms with Crippen molar-refractivity contribution in [3.63, 3.8) is 0 Å². The number of nitrogens with zero attached hydrogens (tertiary/aromatic N) is 4. The molecule has 0 saturated carbocycles. The molecule has 0 spiro atoms. The fourth-order valence-corrected chi connectivity index (χ4v) is 2.76. The smallest absolute Gasteiger partial charge is 0.191 e. The number of nitrogens with one attached hydrogen (secondary N) is 2. The summed E-state index contributed by atoms with van der Waals surface area (Å²) in [5.41, 5.74) is 1.22. The lowest BCUT2D eigenvalue weighted by Crippen LogP contribution is -2.52. The molecule has 1 aromatic heterocycles. The molecule has 0 amide bonds. The molecule has 2 N–H and O–H groups in total. The third kappa shape index (κ3) is 7.49. The van der Waals surface area contributed by atoms with Crippen LogP contribution in [0.1, 0.15) is 26.3 Å². The van der Waals surface area contributed by atoms with E-state index in [1.165, 1.54) is 5.56 Å².